The molecule has 0 unspecified atom stereocenters. The fourth-order valence-corrected chi connectivity index (χ4v) is 6.95. The van der Waals surface area contributed by atoms with E-state index in [1.807, 2.05) is 4.72 Å². The number of ether oxygens (including phenoxy) is 1. The molecule has 4 rings (SSSR count). The van der Waals surface area contributed by atoms with E-state index in [9.17, 15) is 42.2 Å². The number of aliphatic hydroxyl groups is 1. The Balaban J connectivity index is 1.65. The molecule has 0 aromatic heterocycles. The maximum atomic E-state index is 13.6. The summed E-state index contributed by atoms with van der Waals surface area (Å²) in [6, 6.07) is -2.62. The Morgan fingerprint density at radius 2 is 2.00 bits per heavy atom. The number of halogens is 1. The molecule has 0 aromatic carbocycles. The second-order valence-corrected chi connectivity index (χ2v) is 13.3. The molecule has 40 heavy (non-hydrogen) atoms. The van der Waals surface area contributed by atoms with E-state index in [-0.39, 0.29) is 44.8 Å². The van der Waals surface area contributed by atoms with Gasteiger partial charge in [0, 0.05) is 18.9 Å². The number of rotatable bonds is 6. The Bertz CT molecular complexity index is 1180. The van der Waals surface area contributed by atoms with E-state index in [2.05, 4.69) is 10.6 Å². The highest BCUT2D eigenvalue weighted by molar-refractivity contribution is 7.91. The van der Waals surface area contributed by atoms with E-state index >= 15 is 0 Å². The summed E-state index contributed by atoms with van der Waals surface area (Å²) >= 11 is 0. The minimum absolute atomic E-state index is 0.0790. The number of carbonyl (C=O) groups is 4. The van der Waals surface area contributed by atoms with Gasteiger partial charge in [0.2, 0.25) is 21.8 Å². The molecular weight excluding hydrogens is 551 g/mol. The van der Waals surface area contributed by atoms with Gasteiger partial charge in [0.15, 0.2) is 0 Å². The molecule has 7 atom stereocenters. The van der Waals surface area contributed by atoms with Crippen molar-refractivity contribution in [1.82, 2.24) is 20.3 Å². The van der Waals surface area contributed by atoms with Crippen LogP contribution in [0.4, 0.5) is 9.18 Å². The fraction of sp³-hybridized carbons (Fsp3) is 0.760. The van der Waals surface area contributed by atoms with Crippen molar-refractivity contribution in [3.63, 3.8) is 0 Å². The topological polar surface area (TPSA) is 191 Å². The highest BCUT2D eigenvalue weighted by Gasteiger charge is 2.64. The van der Waals surface area contributed by atoms with Crippen LogP contribution in [0.2, 0.25) is 0 Å². The first-order valence-electron chi connectivity index (χ1n) is 13.5. The van der Waals surface area contributed by atoms with Gasteiger partial charge in [-0.2, -0.15) is 0 Å². The normalized spacial score (nSPS) is 35.9. The zero-order valence-electron chi connectivity index (χ0n) is 22.5. The summed E-state index contributed by atoms with van der Waals surface area (Å²) in [7, 11) is -4.35. The molecule has 224 valence electrons. The van der Waals surface area contributed by atoms with Crippen molar-refractivity contribution < 1.29 is 46.9 Å². The van der Waals surface area contributed by atoms with Gasteiger partial charge in [-0.25, -0.2) is 17.6 Å². The van der Waals surface area contributed by atoms with Gasteiger partial charge in [0.1, 0.15) is 29.0 Å². The molecule has 3 fully saturated rings. The number of fused-ring (bicyclic) bond motifs is 2. The number of amides is 4. The molecule has 15 heteroatoms. The number of nitrogens with zero attached hydrogens (tertiary/aromatic N) is 1. The monoisotopic (exact) mass is 588 g/mol. The summed E-state index contributed by atoms with van der Waals surface area (Å²) in [6.07, 6.45) is 1.05. The van der Waals surface area contributed by atoms with E-state index < -0.39 is 81.0 Å². The molecule has 0 aromatic rings. The summed E-state index contributed by atoms with van der Waals surface area (Å²) in [6.45, 7) is 2.12. The fourth-order valence-electron chi connectivity index (χ4n) is 5.52. The SMILES string of the molecule is CC[C@@H]1O[C@H](C)CCC=C[C@@H]2C[C@@]2(C(=O)NS(=O)(=O)C2(CF)CC2)NC(=O)[C@@H]2C[C@@H](O)CN2C(=O)[C@H]1NC(=O)O. The largest absolute Gasteiger partial charge is 0.465 e. The molecule has 1 saturated heterocycles. The Morgan fingerprint density at radius 3 is 2.60 bits per heavy atom. The molecule has 2 saturated carbocycles. The second-order valence-electron chi connectivity index (χ2n) is 11.2. The molecule has 2 aliphatic carbocycles. The van der Waals surface area contributed by atoms with Crippen molar-refractivity contribution in [3.05, 3.63) is 12.2 Å². The van der Waals surface area contributed by atoms with Gasteiger partial charge in [0.25, 0.3) is 5.91 Å². The minimum atomic E-state index is -4.35. The van der Waals surface area contributed by atoms with Gasteiger partial charge in [-0.15, -0.1) is 0 Å². The Labute approximate surface area is 231 Å². The first-order valence-corrected chi connectivity index (χ1v) is 15.0. The Hall–Kier alpha value is -2.78. The van der Waals surface area contributed by atoms with Crippen LogP contribution in [0.15, 0.2) is 12.2 Å². The first kappa shape index (κ1) is 30.2. The third kappa shape index (κ3) is 5.81. The molecule has 2 aliphatic heterocycles. The van der Waals surface area contributed by atoms with Crippen LogP contribution in [-0.4, -0.2) is 101 Å². The van der Waals surface area contributed by atoms with Crippen molar-refractivity contribution in [2.24, 2.45) is 5.92 Å². The summed E-state index contributed by atoms with van der Waals surface area (Å²) in [5.41, 5.74) is -1.65. The minimum Gasteiger partial charge on any atom is -0.465 e. The number of carbonyl (C=O) groups excluding carboxylic acids is 3. The van der Waals surface area contributed by atoms with Crippen molar-refractivity contribution in [2.75, 3.05) is 13.2 Å². The smallest absolute Gasteiger partial charge is 0.405 e. The van der Waals surface area contributed by atoms with Gasteiger partial charge in [-0.1, -0.05) is 19.1 Å². The lowest BCUT2D eigenvalue weighted by Gasteiger charge is -2.33. The summed E-state index contributed by atoms with van der Waals surface area (Å²) in [5, 5.41) is 24.6. The lowest BCUT2D eigenvalue weighted by atomic mass is 10.0. The Morgan fingerprint density at radius 1 is 1.30 bits per heavy atom. The van der Waals surface area contributed by atoms with Crippen LogP contribution in [-0.2, 0) is 29.1 Å². The van der Waals surface area contributed by atoms with Crippen LogP contribution in [0.5, 0.6) is 0 Å². The van der Waals surface area contributed by atoms with E-state index in [0.29, 0.717) is 12.8 Å². The number of sulfonamides is 1. The molecule has 0 spiro atoms. The highest BCUT2D eigenvalue weighted by atomic mass is 32.2. The third-order valence-electron chi connectivity index (χ3n) is 8.31. The van der Waals surface area contributed by atoms with Gasteiger partial charge in [0.05, 0.1) is 18.3 Å². The Kier molecular flexibility index (Phi) is 8.48. The van der Waals surface area contributed by atoms with Gasteiger partial charge < -0.3 is 30.5 Å². The average Bonchev–Trinajstić information content (AvgIpc) is 3.79. The zero-order valence-corrected chi connectivity index (χ0v) is 23.3. The highest BCUT2D eigenvalue weighted by Crippen LogP contribution is 2.47. The summed E-state index contributed by atoms with van der Waals surface area (Å²) in [4.78, 5) is 53.2. The lowest BCUT2D eigenvalue weighted by Crippen LogP contribution is -2.60. The molecule has 2 heterocycles. The van der Waals surface area contributed by atoms with E-state index in [4.69, 9.17) is 4.74 Å². The number of aliphatic hydroxyl groups excluding tert-OH is 1. The van der Waals surface area contributed by atoms with E-state index in [1.54, 1.807) is 26.0 Å². The quantitative estimate of drug-likeness (QED) is 0.265. The third-order valence-corrected chi connectivity index (χ3v) is 10.4. The summed E-state index contributed by atoms with van der Waals surface area (Å²) < 4.78 is 45.4. The van der Waals surface area contributed by atoms with Crippen LogP contribution >= 0.6 is 0 Å². The number of hydrogen-bond acceptors (Lipinski definition) is 8. The predicted molar refractivity (Wildman–Crippen MR) is 138 cm³/mol. The molecule has 0 bridgehead atoms. The van der Waals surface area contributed by atoms with E-state index in [1.165, 1.54) is 0 Å². The number of hydrogen-bond donors (Lipinski definition) is 5. The summed E-state index contributed by atoms with van der Waals surface area (Å²) in [5.74, 6) is -3.12. The van der Waals surface area contributed by atoms with Crippen LogP contribution in [0, 0.1) is 5.92 Å². The zero-order chi connectivity index (χ0) is 29.5. The predicted octanol–water partition coefficient (Wildman–Crippen LogP) is -0.0589. The van der Waals surface area contributed by atoms with Gasteiger partial charge in [-0.3, -0.25) is 19.1 Å². The van der Waals surface area contributed by atoms with Crippen LogP contribution in [0.25, 0.3) is 0 Å². The molecular formula is C25H37FN4O9S. The van der Waals surface area contributed by atoms with Crippen LogP contribution in [0.1, 0.15) is 58.8 Å². The van der Waals surface area contributed by atoms with Crippen molar-refractivity contribution >= 4 is 33.8 Å². The standard InChI is InChI=1S/C25H37FN4O9S/c1-3-18-19(27-23(35)36)21(33)30-12-16(31)10-17(30)20(32)28-25(11-15(25)7-5-4-6-14(2)39-18)22(34)29-40(37,38)24(13-26)8-9-24/h5,7,14-19,27,31H,3-4,6,8-13H2,1-2H3,(H,28,32)(H,29,34)(H,35,36)/t14-,15-,16-,17+,18+,19+,25-/m1/s1. The number of carboxylic acid groups (broad SMARTS) is 1. The first-order chi connectivity index (χ1) is 18.8. The van der Waals surface area contributed by atoms with Crippen molar-refractivity contribution in [2.45, 2.75) is 99.5 Å². The molecule has 13 nitrogen and oxygen atoms in total. The maximum absolute atomic E-state index is 13.6. The van der Waals surface area contributed by atoms with Crippen molar-refractivity contribution in [3.8, 4) is 0 Å². The molecule has 4 amide bonds. The molecule has 4 aliphatic rings. The van der Waals surface area contributed by atoms with Gasteiger partial charge >= 0.3 is 6.09 Å². The van der Waals surface area contributed by atoms with Crippen LogP contribution in [0.3, 0.4) is 0 Å². The van der Waals surface area contributed by atoms with Crippen LogP contribution < -0.4 is 15.4 Å². The van der Waals surface area contributed by atoms with Crippen molar-refractivity contribution in [1.29, 1.82) is 0 Å². The lowest BCUT2D eigenvalue weighted by molar-refractivity contribution is -0.145. The van der Waals surface area contributed by atoms with Gasteiger partial charge in [-0.05, 0) is 45.4 Å². The maximum Gasteiger partial charge on any atom is 0.405 e. The average molecular weight is 589 g/mol. The van der Waals surface area contributed by atoms with E-state index in [0.717, 1.165) is 4.90 Å². The molecule has 5 N–H and O–H groups in total. The molecule has 0 radical (unpaired) electrons. The number of allylic oxidation sites excluding steroid dienone is 1. The number of alkyl halides is 1. The number of nitrogens with one attached hydrogen (secondary N) is 3. The second kappa shape index (κ2) is 11.2.